The highest BCUT2D eigenvalue weighted by Crippen LogP contribution is 2.63. The van der Waals surface area contributed by atoms with Crippen LogP contribution in [-0.2, 0) is 42.9 Å². The Balaban J connectivity index is 1.65. The molecule has 0 spiro atoms. The zero-order valence-corrected chi connectivity index (χ0v) is 26.7. The van der Waals surface area contributed by atoms with Gasteiger partial charge in [0.2, 0.25) is 3.79 Å². The fourth-order valence-electron chi connectivity index (χ4n) is 5.75. The number of ether oxygens (including phenoxy) is 1. The molecule has 9 nitrogen and oxygen atoms in total. The number of ketones is 1. The van der Waals surface area contributed by atoms with Crippen LogP contribution in [0.5, 0.6) is 0 Å². The number of Topliss-reactive ketones (excluding diaryl/α,β-unsaturated/α-hetero) is 1. The SMILES string of the molecule is CS(=O)(=O)OC(C(F)c1ccccc1)C(OS(C)(=O)=O)C1C2CC(=O)[C@@H](CCCCCC(F)C(=O)OCC(Cl)(Cl)Cl)C21. The summed E-state index contributed by atoms with van der Waals surface area (Å²) in [4.78, 5) is 24.4. The summed E-state index contributed by atoms with van der Waals surface area (Å²) in [6.07, 6.45) is -4.08. The van der Waals surface area contributed by atoms with Crippen molar-refractivity contribution in [2.24, 2.45) is 23.7 Å². The number of hydrogen-bond donors (Lipinski definition) is 0. The molecule has 0 radical (unpaired) electrons. The number of unbranched alkanes of at least 4 members (excludes halogenated alkanes) is 2. The lowest BCUT2D eigenvalue weighted by Gasteiger charge is -2.30. The van der Waals surface area contributed by atoms with Gasteiger partial charge in [0.25, 0.3) is 20.2 Å². The quantitative estimate of drug-likeness (QED) is 0.101. The van der Waals surface area contributed by atoms with E-state index in [1.165, 1.54) is 12.1 Å². The number of alkyl halides is 5. The number of benzene rings is 1. The highest BCUT2D eigenvalue weighted by Gasteiger charge is 2.66. The minimum absolute atomic E-state index is 0.0431. The lowest BCUT2D eigenvalue weighted by molar-refractivity contribution is -0.149. The third kappa shape index (κ3) is 10.5. The third-order valence-corrected chi connectivity index (χ3v) is 8.87. The van der Waals surface area contributed by atoms with Crippen LogP contribution in [0.3, 0.4) is 0 Å². The first-order chi connectivity index (χ1) is 19.4. The Labute approximate surface area is 259 Å². The van der Waals surface area contributed by atoms with Crippen molar-refractivity contribution in [3.05, 3.63) is 35.9 Å². The predicted molar refractivity (Wildman–Crippen MR) is 153 cm³/mol. The van der Waals surface area contributed by atoms with Crippen molar-refractivity contribution in [1.82, 2.24) is 0 Å². The van der Waals surface area contributed by atoms with E-state index < -0.39 is 73.0 Å². The Hall–Kier alpha value is -1.09. The highest BCUT2D eigenvalue weighted by molar-refractivity contribution is 7.86. The molecule has 2 fully saturated rings. The minimum atomic E-state index is -4.24. The van der Waals surface area contributed by atoms with Gasteiger partial charge in [-0.2, -0.15) is 16.8 Å². The van der Waals surface area contributed by atoms with Gasteiger partial charge < -0.3 is 4.74 Å². The average Bonchev–Trinajstić information content (AvgIpc) is 3.47. The molecule has 2 aliphatic carbocycles. The maximum Gasteiger partial charge on any atom is 0.340 e. The van der Waals surface area contributed by atoms with E-state index in [9.17, 15) is 30.8 Å². The number of rotatable bonds is 16. The number of hydrogen-bond acceptors (Lipinski definition) is 9. The zero-order chi connectivity index (χ0) is 31.5. The normalized spacial score (nSPS) is 25.4. The minimum Gasteiger partial charge on any atom is -0.459 e. The van der Waals surface area contributed by atoms with Gasteiger partial charge in [0.05, 0.1) is 12.5 Å². The van der Waals surface area contributed by atoms with Crippen molar-refractivity contribution >= 4 is 66.8 Å². The van der Waals surface area contributed by atoms with E-state index in [-0.39, 0.29) is 36.0 Å². The molecule has 2 aliphatic rings. The largest absolute Gasteiger partial charge is 0.459 e. The molecule has 0 aromatic heterocycles. The first-order valence-corrected chi connectivity index (χ1v) is 18.0. The van der Waals surface area contributed by atoms with Gasteiger partial charge in [0.1, 0.15) is 24.6 Å². The lowest BCUT2D eigenvalue weighted by Crippen LogP contribution is -2.41. The molecular formula is C26H33Cl3F2O9S2. The van der Waals surface area contributed by atoms with Crippen LogP contribution in [0.25, 0.3) is 0 Å². The topological polar surface area (TPSA) is 130 Å². The summed E-state index contributed by atoms with van der Waals surface area (Å²) in [5.74, 6) is -3.00. The molecule has 2 saturated carbocycles. The van der Waals surface area contributed by atoms with Gasteiger partial charge in [-0.1, -0.05) is 78.0 Å². The second-order valence-corrected chi connectivity index (χ2v) is 16.5. The maximum absolute atomic E-state index is 15.8. The summed E-state index contributed by atoms with van der Waals surface area (Å²) in [7, 11) is -8.42. The van der Waals surface area contributed by atoms with Crippen molar-refractivity contribution < 1.29 is 48.3 Å². The van der Waals surface area contributed by atoms with Crippen LogP contribution in [0.1, 0.15) is 50.3 Å². The summed E-state index contributed by atoms with van der Waals surface area (Å²) < 4.78 is 91.7. The van der Waals surface area contributed by atoms with Gasteiger partial charge in [-0.05, 0) is 42.6 Å². The standard InChI is InChI=1S/C26H33Cl3F2O9S2/c1-41(34,35)39-23(24(40-42(2,36)37)22(31)15-9-5-3-6-10-15)21-17-13-19(32)16(20(17)21)11-7-4-8-12-18(30)25(33)38-14-26(27,28)29/h3,5-6,9-10,16-18,20-24H,4,7-8,11-14H2,1-2H3/t16-,17?,18?,20?,21?,22?,23?,24?/m1/s1. The van der Waals surface area contributed by atoms with Gasteiger partial charge >= 0.3 is 5.97 Å². The summed E-state index contributed by atoms with van der Waals surface area (Å²) in [6.45, 7) is -0.584. The van der Waals surface area contributed by atoms with Crippen LogP contribution < -0.4 is 0 Å². The number of fused-ring (bicyclic) bond motifs is 1. The lowest BCUT2D eigenvalue weighted by atomic mass is 9.88. The van der Waals surface area contributed by atoms with E-state index in [0.717, 1.165) is 12.5 Å². The van der Waals surface area contributed by atoms with Crippen LogP contribution in [-0.4, -0.2) is 69.9 Å². The van der Waals surface area contributed by atoms with Crippen LogP contribution in [0.2, 0.25) is 0 Å². The molecule has 8 atom stereocenters. The molecule has 7 unspecified atom stereocenters. The zero-order valence-electron chi connectivity index (χ0n) is 22.8. The monoisotopic (exact) mass is 696 g/mol. The summed E-state index contributed by atoms with van der Waals surface area (Å²) >= 11 is 16.4. The molecule has 0 bridgehead atoms. The van der Waals surface area contributed by atoms with Gasteiger partial charge in [0.15, 0.2) is 12.3 Å². The van der Waals surface area contributed by atoms with Crippen molar-refractivity contribution in [1.29, 1.82) is 0 Å². The molecule has 238 valence electrons. The first-order valence-electron chi connectivity index (χ1n) is 13.2. The van der Waals surface area contributed by atoms with E-state index in [4.69, 9.17) is 43.2 Å². The molecule has 16 heteroatoms. The molecule has 0 aliphatic heterocycles. The Bertz CT molecular complexity index is 1310. The van der Waals surface area contributed by atoms with Crippen molar-refractivity contribution in [2.45, 2.75) is 66.9 Å². The van der Waals surface area contributed by atoms with E-state index in [1.54, 1.807) is 18.2 Å². The second-order valence-electron chi connectivity index (χ2n) is 10.8. The van der Waals surface area contributed by atoms with E-state index in [0.29, 0.717) is 25.7 Å². The molecule has 3 rings (SSSR count). The fraction of sp³-hybridized carbons (Fsp3) is 0.692. The average molecular weight is 698 g/mol. The maximum atomic E-state index is 15.8. The van der Waals surface area contributed by atoms with Crippen molar-refractivity contribution in [3.63, 3.8) is 0 Å². The summed E-state index contributed by atoms with van der Waals surface area (Å²) in [6, 6.07) is 7.57. The fourth-order valence-corrected chi connectivity index (χ4v) is 7.16. The first kappa shape index (κ1) is 35.4. The van der Waals surface area contributed by atoms with Crippen LogP contribution >= 0.6 is 34.8 Å². The number of carbonyl (C=O) groups is 2. The van der Waals surface area contributed by atoms with Gasteiger partial charge in [0, 0.05) is 12.3 Å². The molecule has 1 aromatic carbocycles. The second kappa shape index (κ2) is 14.3. The molecule has 0 N–H and O–H groups in total. The van der Waals surface area contributed by atoms with E-state index >= 15 is 4.39 Å². The Morgan fingerprint density at radius 2 is 1.62 bits per heavy atom. The summed E-state index contributed by atoms with van der Waals surface area (Å²) in [5, 5.41) is 0. The molecule has 0 heterocycles. The Morgan fingerprint density at radius 1 is 1.00 bits per heavy atom. The molecule has 0 amide bonds. The van der Waals surface area contributed by atoms with Gasteiger partial charge in [-0.3, -0.25) is 13.2 Å². The highest BCUT2D eigenvalue weighted by atomic mass is 35.6. The molecule has 0 saturated heterocycles. The van der Waals surface area contributed by atoms with E-state index in [1.807, 2.05) is 0 Å². The van der Waals surface area contributed by atoms with Crippen molar-refractivity contribution in [3.8, 4) is 0 Å². The molecule has 42 heavy (non-hydrogen) atoms. The smallest absolute Gasteiger partial charge is 0.340 e. The van der Waals surface area contributed by atoms with Gasteiger partial charge in [-0.25, -0.2) is 13.6 Å². The molecular weight excluding hydrogens is 665 g/mol. The summed E-state index contributed by atoms with van der Waals surface area (Å²) in [5.41, 5.74) is 0.0778. The number of carbonyl (C=O) groups excluding carboxylic acids is 2. The van der Waals surface area contributed by atoms with E-state index in [2.05, 4.69) is 4.74 Å². The van der Waals surface area contributed by atoms with Crippen LogP contribution in [0.15, 0.2) is 30.3 Å². The van der Waals surface area contributed by atoms with Crippen LogP contribution in [0.4, 0.5) is 8.78 Å². The van der Waals surface area contributed by atoms with Crippen LogP contribution in [0, 0.1) is 23.7 Å². The Morgan fingerprint density at radius 3 is 2.19 bits per heavy atom. The molecule has 1 aromatic rings. The Kier molecular flexibility index (Phi) is 12.1. The van der Waals surface area contributed by atoms with Crippen molar-refractivity contribution in [2.75, 3.05) is 19.1 Å². The number of halogens is 5. The number of esters is 1. The van der Waals surface area contributed by atoms with Gasteiger partial charge in [-0.15, -0.1) is 0 Å². The predicted octanol–water partition coefficient (Wildman–Crippen LogP) is 5.04. The third-order valence-electron chi connectivity index (χ3n) is 7.40.